The number of hydrogen-bond acceptors (Lipinski definition) is 0. The number of imidazole rings is 1. The molecule has 2 heteroatoms. The molecule has 5 aromatic carbocycles. The molecule has 138 valence electrons. The molecule has 2 nitrogen and oxygen atoms in total. The van der Waals surface area contributed by atoms with Crippen LogP contribution in [0, 0.1) is 6.92 Å². The fourth-order valence-electron chi connectivity index (χ4n) is 4.64. The van der Waals surface area contributed by atoms with E-state index < -0.39 is 0 Å². The third-order valence-electron chi connectivity index (χ3n) is 6.06. The molecule has 0 saturated carbocycles. The van der Waals surface area contributed by atoms with Crippen LogP contribution in [0.1, 0.15) is 5.56 Å². The van der Waals surface area contributed by atoms with E-state index in [1.54, 1.807) is 0 Å². The topological polar surface area (TPSA) is 8.81 Å². The summed E-state index contributed by atoms with van der Waals surface area (Å²) >= 11 is 0. The average Bonchev–Trinajstić information content (AvgIpc) is 3.10. The standard InChI is InChI=1S/C27H21N2/c1-18-7-14-22(15-8-18)29-17-28(2)27-24(29)16-13-21-12-11-20-10-9-19-5-3-4-6-23(19)25(20)26(21)27/h3-17H,1-2H3/q+1. The molecule has 0 unspecified atom stereocenters. The Morgan fingerprint density at radius 1 is 0.655 bits per heavy atom. The molecule has 0 aliphatic carbocycles. The lowest BCUT2D eigenvalue weighted by molar-refractivity contribution is -0.644. The summed E-state index contributed by atoms with van der Waals surface area (Å²) in [5.74, 6) is 0. The summed E-state index contributed by atoms with van der Waals surface area (Å²) < 4.78 is 4.55. The maximum atomic E-state index is 2.29. The highest BCUT2D eigenvalue weighted by Crippen LogP contribution is 2.35. The van der Waals surface area contributed by atoms with Crippen molar-refractivity contribution in [2.75, 3.05) is 0 Å². The summed E-state index contributed by atoms with van der Waals surface area (Å²) in [5.41, 5.74) is 4.96. The highest BCUT2D eigenvalue weighted by atomic mass is 15.1. The van der Waals surface area contributed by atoms with Gasteiger partial charge in [-0.25, -0.2) is 4.57 Å². The Bertz CT molecular complexity index is 1550. The summed E-state index contributed by atoms with van der Waals surface area (Å²) in [6.45, 7) is 2.13. The van der Waals surface area contributed by atoms with Gasteiger partial charge in [0, 0.05) is 10.8 Å². The summed E-state index contributed by atoms with van der Waals surface area (Å²) in [4.78, 5) is 0. The molecule has 0 aliphatic rings. The Kier molecular flexibility index (Phi) is 3.33. The van der Waals surface area contributed by atoms with Crippen LogP contribution in [0.3, 0.4) is 0 Å². The fraction of sp³-hybridized carbons (Fsp3) is 0.0741. The number of aromatic nitrogens is 2. The van der Waals surface area contributed by atoms with Gasteiger partial charge in [-0.1, -0.05) is 66.2 Å². The lowest BCUT2D eigenvalue weighted by Crippen LogP contribution is -2.25. The predicted octanol–water partition coefficient (Wildman–Crippen LogP) is 6.22. The minimum absolute atomic E-state index is 1.19. The molecule has 0 amide bonds. The van der Waals surface area contributed by atoms with E-state index in [2.05, 4.69) is 114 Å². The third kappa shape index (κ3) is 2.32. The smallest absolute Gasteiger partial charge is 0.232 e. The van der Waals surface area contributed by atoms with Gasteiger partial charge in [0.1, 0.15) is 5.69 Å². The molecule has 0 spiro atoms. The van der Waals surface area contributed by atoms with Crippen molar-refractivity contribution in [2.45, 2.75) is 6.92 Å². The molecule has 0 N–H and O–H groups in total. The van der Waals surface area contributed by atoms with E-state index in [0.717, 1.165) is 0 Å². The van der Waals surface area contributed by atoms with Crippen molar-refractivity contribution in [3.05, 3.63) is 96.8 Å². The fourth-order valence-corrected chi connectivity index (χ4v) is 4.64. The number of aryl methyl sites for hydroxylation is 2. The maximum Gasteiger partial charge on any atom is 0.249 e. The Labute approximate surface area is 169 Å². The second-order valence-electron chi connectivity index (χ2n) is 7.91. The lowest BCUT2D eigenvalue weighted by atomic mass is 9.95. The molecule has 0 radical (unpaired) electrons. The number of rotatable bonds is 1. The van der Waals surface area contributed by atoms with Gasteiger partial charge < -0.3 is 0 Å². The first-order valence-electron chi connectivity index (χ1n) is 10.0. The van der Waals surface area contributed by atoms with Crippen molar-refractivity contribution in [3.8, 4) is 5.69 Å². The summed E-state index contributed by atoms with van der Waals surface area (Å²) in [6.07, 6.45) is 2.19. The zero-order valence-electron chi connectivity index (χ0n) is 16.6. The third-order valence-corrected chi connectivity index (χ3v) is 6.06. The van der Waals surface area contributed by atoms with Gasteiger partial charge in [-0.2, -0.15) is 4.57 Å². The van der Waals surface area contributed by atoms with Crippen LogP contribution in [0.5, 0.6) is 0 Å². The van der Waals surface area contributed by atoms with Crippen molar-refractivity contribution in [2.24, 2.45) is 7.05 Å². The monoisotopic (exact) mass is 373 g/mol. The van der Waals surface area contributed by atoms with E-state index in [0.29, 0.717) is 0 Å². The van der Waals surface area contributed by atoms with Crippen LogP contribution in [0.2, 0.25) is 0 Å². The van der Waals surface area contributed by atoms with Crippen LogP contribution < -0.4 is 4.57 Å². The molecular weight excluding hydrogens is 352 g/mol. The SMILES string of the molecule is Cc1ccc(-n2c[n+](C)c3c4c(ccc5ccc6ccccc6c54)ccc32)cc1. The Morgan fingerprint density at radius 3 is 2.10 bits per heavy atom. The second-order valence-corrected chi connectivity index (χ2v) is 7.91. The first-order chi connectivity index (χ1) is 14.2. The van der Waals surface area contributed by atoms with Crippen LogP contribution in [-0.2, 0) is 7.05 Å². The number of fused-ring (bicyclic) bond motifs is 7. The predicted molar refractivity (Wildman–Crippen MR) is 122 cm³/mol. The maximum absolute atomic E-state index is 2.29. The van der Waals surface area contributed by atoms with E-state index in [-0.39, 0.29) is 0 Å². The van der Waals surface area contributed by atoms with Gasteiger partial charge in [-0.3, -0.25) is 0 Å². The van der Waals surface area contributed by atoms with Gasteiger partial charge >= 0.3 is 0 Å². The molecule has 0 aliphatic heterocycles. The summed E-state index contributed by atoms with van der Waals surface area (Å²) in [5, 5.41) is 7.82. The van der Waals surface area contributed by atoms with Crippen molar-refractivity contribution in [3.63, 3.8) is 0 Å². The minimum atomic E-state index is 1.19. The molecule has 1 aromatic heterocycles. The highest BCUT2D eigenvalue weighted by Gasteiger charge is 2.20. The molecule has 6 aromatic rings. The van der Waals surface area contributed by atoms with Crippen LogP contribution in [-0.4, -0.2) is 4.57 Å². The van der Waals surface area contributed by atoms with E-state index in [1.165, 1.54) is 54.6 Å². The molecule has 0 saturated heterocycles. The Balaban J connectivity index is 1.82. The quantitative estimate of drug-likeness (QED) is 0.239. The number of benzene rings is 5. The molecule has 1 heterocycles. The molecule has 0 bridgehead atoms. The minimum Gasteiger partial charge on any atom is -0.232 e. The number of hydrogen-bond donors (Lipinski definition) is 0. The van der Waals surface area contributed by atoms with Crippen molar-refractivity contribution >= 4 is 43.4 Å². The molecule has 0 fully saturated rings. The normalized spacial score (nSPS) is 11.8. The van der Waals surface area contributed by atoms with Crippen molar-refractivity contribution in [1.82, 2.24) is 4.57 Å². The van der Waals surface area contributed by atoms with Gasteiger partial charge in [0.2, 0.25) is 6.33 Å². The van der Waals surface area contributed by atoms with Crippen LogP contribution in [0.4, 0.5) is 0 Å². The second kappa shape index (κ2) is 5.92. The van der Waals surface area contributed by atoms with Crippen LogP contribution >= 0.6 is 0 Å². The molecule has 29 heavy (non-hydrogen) atoms. The van der Waals surface area contributed by atoms with Crippen molar-refractivity contribution < 1.29 is 4.57 Å². The molecular formula is C27H21N2+. The Morgan fingerprint density at radius 2 is 1.31 bits per heavy atom. The lowest BCUT2D eigenvalue weighted by Gasteiger charge is -2.08. The van der Waals surface area contributed by atoms with E-state index >= 15 is 0 Å². The zero-order valence-corrected chi connectivity index (χ0v) is 16.6. The van der Waals surface area contributed by atoms with Crippen molar-refractivity contribution in [1.29, 1.82) is 0 Å². The summed E-state index contributed by atoms with van der Waals surface area (Å²) in [6, 6.07) is 30.9. The largest absolute Gasteiger partial charge is 0.249 e. The zero-order chi connectivity index (χ0) is 19.5. The van der Waals surface area contributed by atoms with Gasteiger partial charge in [-0.05, 0) is 52.7 Å². The van der Waals surface area contributed by atoms with E-state index in [1.807, 2.05) is 0 Å². The first kappa shape index (κ1) is 16.3. The first-order valence-corrected chi connectivity index (χ1v) is 10.0. The highest BCUT2D eigenvalue weighted by molar-refractivity contribution is 6.25. The van der Waals surface area contributed by atoms with Gasteiger partial charge in [0.05, 0.1) is 7.05 Å². The van der Waals surface area contributed by atoms with Crippen LogP contribution in [0.25, 0.3) is 49.0 Å². The average molecular weight is 373 g/mol. The van der Waals surface area contributed by atoms with E-state index in [4.69, 9.17) is 0 Å². The van der Waals surface area contributed by atoms with Gasteiger partial charge in [0.25, 0.3) is 0 Å². The van der Waals surface area contributed by atoms with Crippen LogP contribution in [0.15, 0.2) is 91.3 Å². The molecule has 0 atom stereocenters. The Hall–Kier alpha value is -3.65. The van der Waals surface area contributed by atoms with Gasteiger partial charge in [0.15, 0.2) is 11.0 Å². The summed E-state index contributed by atoms with van der Waals surface area (Å²) in [7, 11) is 2.15. The molecule has 6 rings (SSSR count). The number of nitrogens with zero attached hydrogens (tertiary/aromatic N) is 2. The van der Waals surface area contributed by atoms with Gasteiger partial charge in [-0.15, -0.1) is 0 Å². The van der Waals surface area contributed by atoms with E-state index in [9.17, 15) is 0 Å².